The summed E-state index contributed by atoms with van der Waals surface area (Å²) >= 11 is 0. The number of aliphatic hydroxyl groups excluding tert-OH is 1. The van der Waals surface area contributed by atoms with Gasteiger partial charge in [-0.05, 0) is 87.4 Å². The monoisotopic (exact) mass is 386 g/mol. The Morgan fingerprint density at radius 1 is 0.964 bits per heavy atom. The second-order valence-electron chi connectivity index (χ2n) is 12.1. The Kier molecular flexibility index (Phi) is 3.57. The number of ether oxygens (including phenoxy) is 1. The first-order valence-corrected chi connectivity index (χ1v) is 12.2. The lowest BCUT2D eigenvalue weighted by molar-refractivity contribution is -0.154. The standard InChI is InChI=1S/C25H38O3/c1-15(26)24-9-5-4-6-16(24)12-20-18-13-21-25(28-21)14-17(27)7-10-23(25,3)19(18)8-11-22(20,24)2/h16-21,27H,4-14H2,1-3H3/t16-,17+,18+,19-,20+,21-,22+,23-,24-,25-/m1/s1. The van der Waals surface area contributed by atoms with E-state index in [4.69, 9.17) is 4.74 Å². The first-order chi connectivity index (χ1) is 13.3. The second-order valence-corrected chi connectivity index (χ2v) is 12.1. The second kappa shape index (κ2) is 5.44. The molecule has 28 heavy (non-hydrogen) atoms. The van der Waals surface area contributed by atoms with Gasteiger partial charge in [0.1, 0.15) is 11.4 Å². The molecule has 6 rings (SSSR count). The SMILES string of the molecule is CC(=O)[C@]12CCCC[C@@H]1C[C@H]1[C@H]3C[C@H]4O[C@]45C[C@@H](O)CC[C@]5(C)[C@@H]3CC[C@@]12C. The van der Waals surface area contributed by atoms with Crippen LogP contribution in [-0.2, 0) is 9.53 Å². The predicted octanol–water partition coefficient (Wildman–Crippen LogP) is 4.90. The van der Waals surface area contributed by atoms with Crippen LogP contribution in [0.2, 0.25) is 0 Å². The van der Waals surface area contributed by atoms with Crippen molar-refractivity contribution < 1.29 is 14.6 Å². The number of Topliss-reactive ketones (excluding diaryl/α,β-unsaturated/α-hetero) is 1. The first kappa shape index (κ1) is 18.4. The van der Waals surface area contributed by atoms with Crippen LogP contribution in [0.1, 0.15) is 91.4 Å². The van der Waals surface area contributed by atoms with Crippen molar-refractivity contribution in [1.29, 1.82) is 0 Å². The number of hydrogen-bond acceptors (Lipinski definition) is 3. The highest BCUT2D eigenvalue weighted by molar-refractivity contribution is 5.84. The number of aliphatic hydroxyl groups is 1. The molecule has 0 amide bonds. The molecule has 1 spiro atoms. The number of carbonyl (C=O) groups is 1. The molecule has 1 aliphatic heterocycles. The minimum Gasteiger partial charge on any atom is -0.393 e. The van der Waals surface area contributed by atoms with Gasteiger partial charge in [-0.15, -0.1) is 0 Å². The Labute approximate surface area is 170 Å². The number of hydrogen-bond donors (Lipinski definition) is 1. The zero-order chi connectivity index (χ0) is 19.5. The molecule has 0 aromatic heterocycles. The number of ketones is 1. The molecule has 156 valence electrons. The zero-order valence-electron chi connectivity index (χ0n) is 18.0. The largest absolute Gasteiger partial charge is 0.393 e. The Balaban J connectivity index is 1.40. The van der Waals surface area contributed by atoms with E-state index in [2.05, 4.69) is 13.8 Å². The molecular weight excluding hydrogens is 348 g/mol. The molecule has 0 bridgehead atoms. The fraction of sp³-hybridized carbons (Fsp3) is 0.960. The van der Waals surface area contributed by atoms with Gasteiger partial charge in [0.2, 0.25) is 0 Å². The van der Waals surface area contributed by atoms with Gasteiger partial charge in [-0.25, -0.2) is 0 Å². The normalized spacial score (nSPS) is 62.0. The summed E-state index contributed by atoms with van der Waals surface area (Å²) in [5.74, 6) is 3.27. The molecule has 0 unspecified atom stereocenters. The van der Waals surface area contributed by atoms with Gasteiger partial charge in [0, 0.05) is 17.3 Å². The van der Waals surface area contributed by atoms with Crippen LogP contribution in [0.4, 0.5) is 0 Å². The fourth-order valence-corrected chi connectivity index (χ4v) is 10.5. The van der Waals surface area contributed by atoms with Gasteiger partial charge >= 0.3 is 0 Å². The van der Waals surface area contributed by atoms with Crippen LogP contribution in [0.15, 0.2) is 0 Å². The average Bonchev–Trinajstić information content (AvgIpc) is 3.27. The van der Waals surface area contributed by atoms with Gasteiger partial charge in [-0.2, -0.15) is 0 Å². The highest BCUT2D eigenvalue weighted by atomic mass is 16.6. The van der Waals surface area contributed by atoms with Crippen LogP contribution >= 0.6 is 0 Å². The summed E-state index contributed by atoms with van der Waals surface area (Å²) in [4.78, 5) is 13.2. The molecule has 5 saturated carbocycles. The van der Waals surface area contributed by atoms with Crippen molar-refractivity contribution in [1.82, 2.24) is 0 Å². The predicted molar refractivity (Wildman–Crippen MR) is 108 cm³/mol. The Hall–Kier alpha value is -0.410. The highest BCUT2D eigenvalue weighted by Crippen LogP contribution is 2.77. The molecular formula is C25H38O3. The van der Waals surface area contributed by atoms with Crippen molar-refractivity contribution in [2.45, 2.75) is 109 Å². The van der Waals surface area contributed by atoms with E-state index in [9.17, 15) is 9.90 Å². The maximum atomic E-state index is 13.2. The average molecular weight is 387 g/mol. The molecule has 1 heterocycles. The van der Waals surface area contributed by atoms with E-state index in [-0.39, 0.29) is 27.9 Å². The number of epoxide rings is 1. The van der Waals surface area contributed by atoms with E-state index in [0.717, 1.165) is 37.5 Å². The van der Waals surface area contributed by atoms with Crippen molar-refractivity contribution >= 4 is 5.78 Å². The summed E-state index contributed by atoms with van der Waals surface area (Å²) in [5, 5.41) is 10.4. The Morgan fingerprint density at radius 3 is 2.54 bits per heavy atom. The summed E-state index contributed by atoms with van der Waals surface area (Å²) in [7, 11) is 0. The molecule has 3 nitrogen and oxygen atoms in total. The third-order valence-electron chi connectivity index (χ3n) is 11.7. The van der Waals surface area contributed by atoms with Crippen molar-refractivity contribution in [3.8, 4) is 0 Å². The maximum Gasteiger partial charge on any atom is 0.136 e. The lowest BCUT2D eigenvalue weighted by Crippen LogP contribution is -2.60. The van der Waals surface area contributed by atoms with E-state index in [1.165, 1.54) is 44.9 Å². The maximum absolute atomic E-state index is 13.2. The molecule has 0 aromatic carbocycles. The molecule has 6 aliphatic rings. The molecule has 0 aromatic rings. The minimum atomic E-state index is -0.168. The smallest absolute Gasteiger partial charge is 0.136 e. The van der Waals surface area contributed by atoms with Crippen molar-refractivity contribution in [2.24, 2.45) is 39.9 Å². The Bertz CT molecular complexity index is 719. The van der Waals surface area contributed by atoms with Gasteiger partial charge in [-0.3, -0.25) is 4.79 Å². The lowest BCUT2D eigenvalue weighted by Gasteiger charge is -2.61. The van der Waals surface area contributed by atoms with E-state index >= 15 is 0 Å². The van der Waals surface area contributed by atoms with Crippen LogP contribution in [0, 0.1) is 39.9 Å². The van der Waals surface area contributed by atoms with Crippen molar-refractivity contribution in [3.05, 3.63) is 0 Å². The highest BCUT2D eigenvalue weighted by Gasteiger charge is 2.77. The van der Waals surface area contributed by atoms with Gasteiger partial charge in [-0.1, -0.05) is 26.7 Å². The van der Waals surface area contributed by atoms with E-state index in [1.807, 2.05) is 6.92 Å². The third kappa shape index (κ3) is 1.84. The molecule has 6 fully saturated rings. The van der Waals surface area contributed by atoms with E-state index in [1.54, 1.807) is 0 Å². The summed E-state index contributed by atoms with van der Waals surface area (Å²) in [6.07, 6.45) is 13.1. The van der Waals surface area contributed by atoms with Gasteiger partial charge in [0.25, 0.3) is 0 Å². The summed E-state index contributed by atoms with van der Waals surface area (Å²) in [5.41, 5.74) is 0.371. The topological polar surface area (TPSA) is 49.8 Å². The van der Waals surface area contributed by atoms with E-state index in [0.29, 0.717) is 23.7 Å². The van der Waals surface area contributed by atoms with Crippen LogP contribution in [0.5, 0.6) is 0 Å². The third-order valence-corrected chi connectivity index (χ3v) is 11.7. The molecule has 1 N–H and O–H groups in total. The molecule has 0 radical (unpaired) electrons. The quantitative estimate of drug-likeness (QED) is 0.652. The van der Waals surface area contributed by atoms with E-state index < -0.39 is 0 Å². The summed E-state index contributed by atoms with van der Waals surface area (Å²) in [6.45, 7) is 6.93. The fourth-order valence-electron chi connectivity index (χ4n) is 10.5. The van der Waals surface area contributed by atoms with Crippen LogP contribution in [-0.4, -0.2) is 28.7 Å². The number of carbonyl (C=O) groups excluding carboxylic acids is 1. The minimum absolute atomic E-state index is 0.0246. The lowest BCUT2D eigenvalue weighted by atomic mass is 9.42. The summed E-state index contributed by atoms with van der Waals surface area (Å²) in [6, 6.07) is 0. The zero-order valence-corrected chi connectivity index (χ0v) is 18.0. The van der Waals surface area contributed by atoms with Crippen LogP contribution in [0.3, 0.4) is 0 Å². The number of fused-ring (bicyclic) bond motifs is 6. The molecule has 10 atom stereocenters. The molecule has 5 aliphatic carbocycles. The van der Waals surface area contributed by atoms with Gasteiger partial charge in [0.05, 0.1) is 12.2 Å². The molecule has 3 heteroatoms. The molecule has 1 saturated heterocycles. The van der Waals surface area contributed by atoms with Crippen LogP contribution < -0.4 is 0 Å². The number of rotatable bonds is 1. The van der Waals surface area contributed by atoms with Gasteiger partial charge < -0.3 is 9.84 Å². The van der Waals surface area contributed by atoms with Gasteiger partial charge in [0.15, 0.2) is 0 Å². The summed E-state index contributed by atoms with van der Waals surface area (Å²) < 4.78 is 6.48. The van der Waals surface area contributed by atoms with Crippen molar-refractivity contribution in [3.63, 3.8) is 0 Å². The van der Waals surface area contributed by atoms with Crippen LogP contribution in [0.25, 0.3) is 0 Å². The Morgan fingerprint density at radius 2 is 1.75 bits per heavy atom. The first-order valence-electron chi connectivity index (χ1n) is 12.2. The van der Waals surface area contributed by atoms with Crippen molar-refractivity contribution in [2.75, 3.05) is 0 Å².